The molecule has 0 N–H and O–H groups in total. The molecule has 0 spiro atoms. The molecule has 3 rings (SSSR count). The molecule has 0 amide bonds. The number of rotatable bonds is 4. The molecule has 0 aliphatic carbocycles. The maximum absolute atomic E-state index is 13.4. The minimum Gasteiger partial charge on any atom is -0.439 e. The lowest BCUT2D eigenvalue weighted by molar-refractivity contribution is -0.140. The van der Waals surface area contributed by atoms with E-state index >= 15 is 0 Å². The van der Waals surface area contributed by atoms with Gasteiger partial charge in [-0.3, -0.25) is 0 Å². The second kappa shape index (κ2) is 7.39. The molecule has 1 aromatic heterocycles. The molecule has 1 heterocycles. The Balaban J connectivity index is 1.91. The lowest BCUT2D eigenvalue weighted by atomic mass is 9.81. The van der Waals surface area contributed by atoms with Gasteiger partial charge in [0.05, 0.1) is 11.3 Å². The van der Waals surface area contributed by atoms with E-state index in [9.17, 15) is 17.6 Å². The average Bonchev–Trinajstić information content (AvgIpc) is 2.63. The maximum atomic E-state index is 13.4. The molecule has 0 unspecified atom stereocenters. The molecule has 0 aliphatic heterocycles. The van der Waals surface area contributed by atoms with Gasteiger partial charge in [-0.2, -0.15) is 13.2 Å². The Bertz CT molecular complexity index is 988. The molecule has 0 saturated heterocycles. The lowest BCUT2D eigenvalue weighted by Crippen LogP contribution is -2.20. The van der Waals surface area contributed by atoms with E-state index in [1.807, 2.05) is 26.0 Å². The summed E-state index contributed by atoms with van der Waals surface area (Å²) in [5.41, 5.74) is -0.410. The fourth-order valence-electron chi connectivity index (χ4n) is 2.66. The fraction of sp³-hybridized carbons (Fsp3) is 0.200. The van der Waals surface area contributed by atoms with Crippen LogP contribution in [0.25, 0.3) is 0 Å². The molecule has 0 fully saturated rings. The predicted octanol–water partition coefficient (Wildman–Crippen LogP) is 6.41. The number of hydrogen-bond acceptors (Lipinski definition) is 3. The molecular formula is C20H15ClF4N2O. The van der Waals surface area contributed by atoms with Gasteiger partial charge in [0, 0.05) is 16.5 Å². The van der Waals surface area contributed by atoms with Crippen molar-refractivity contribution in [2.75, 3.05) is 0 Å². The van der Waals surface area contributed by atoms with Crippen molar-refractivity contribution in [1.29, 1.82) is 0 Å². The van der Waals surface area contributed by atoms with Crippen LogP contribution in [0.1, 0.15) is 30.7 Å². The van der Waals surface area contributed by atoms with E-state index in [2.05, 4.69) is 9.97 Å². The molecule has 0 radical (unpaired) electrons. The van der Waals surface area contributed by atoms with E-state index in [0.717, 1.165) is 11.6 Å². The number of halogens is 5. The molecule has 28 heavy (non-hydrogen) atoms. The van der Waals surface area contributed by atoms with Gasteiger partial charge in [0.2, 0.25) is 5.88 Å². The number of hydrogen-bond donors (Lipinski definition) is 0. The van der Waals surface area contributed by atoms with Crippen molar-refractivity contribution in [3.05, 3.63) is 82.5 Å². The summed E-state index contributed by atoms with van der Waals surface area (Å²) in [4.78, 5) is 8.20. The summed E-state index contributed by atoms with van der Waals surface area (Å²) in [6.45, 7) is 3.87. The summed E-state index contributed by atoms with van der Waals surface area (Å²) in [6, 6.07) is 11.2. The summed E-state index contributed by atoms with van der Waals surface area (Å²) in [5, 5.41) is 0.600. The number of nitrogens with zero attached hydrogens (tertiary/aromatic N) is 2. The third-order valence-electron chi connectivity index (χ3n) is 4.31. The van der Waals surface area contributed by atoms with Crippen molar-refractivity contribution in [3.63, 3.8) is 0 Å². The molecular weight excluding hydrogens is 396 g/mol. The van der Waals surface area contributed by atoms with E-state index < -0.39 is 23.0 Å². The van der Waals surface area contributed by atoms with Crippen LogP contribution in [0.3, 0.4) is 0 Å². The minimum absolute atomic E-state index is 0.0479. The van der Waals surface area contributed by atoms with Crippen LogP contribution in [0.5, 0.6) is 11.6 Å². The van der Waals surface area contributed by atoms with E-state index in [1.54, 1.807) is 12.1 Å². The Morgan fingerprint density at radius 3 is 2.25 bits per heavy atom. The van der Waals surface area contributed by atoms with Gasteiger partial charge >= 0.3 is 6.18 Å². The summed E-state index contributed by atoms with van der Waals surface area (Å²) in [6.07, 6.45) is -3.56. The Labute approximate surface area is 164 Å². The molecule has 3 aromatic rings. The van der Waals surface area contributed by atoms with E-state index in [1.165, 1.54) is 12.4 Å². The number of alkyl halides is 3. The van der Waals surface area contributed by atoms with E-state index in [0.29, 0.717) is 22.8 Å². The van der Waals surface area contributed by atoms with Crippen molar-refractivity contribution >= 4 is 11.6 Å². The van der Waals surface area contributed by atoms with E-state index in [-0.39, 0.29) is 11.6 Å². The molecule has 146 valence electrons. The number of aromatic nitrogens is 2. The molecule has 3 nitrogen and oxygen atoms in total. The van der Waals surface area contributed by atoms with Gasteiger partial charge in [0.25, 0.3) is 0 Å². The standard InChI is InChI=1S/C20H15ClF4N2O/c1-19(2,12-3-5-13(21)6-4-12)17-10-18(27-11-26-17)28-14-7-8-16(22)15(9-14)20(23,24)25/h3-11H,1-2H3. The normalized spacial score (nSPS) is 12.1. The second-order valence-electron chi connectivity index (χ2n) is 6.61. The highest BCUT2D eigenvalue weighted by atomic mass is 35.5. The monoisotopic (exact) mass is 410 g/mol. The first kappa shape index (κ1) is 20.1. The summed E-state index contributed by atoms with van der Waals surface area (Å²) in [5.74, 6) is -1.50. The van der Waals surface area contributed by atoms with Gasteiger partial charge in [-0.15, -0.1) is 0 Å². The van der Waals surface area contributed by atoms with Crippen molar-refractivity contribution in [2.24, 2.45) is 0 Å². The summed E-state index contributed by atoms with van der Waals surface area (Å²) < 4.78 is 57.5. The van der Waals surface area contributed by atoms with Gasteiger partial charge in [0.1, 0.15) is 17.9 Å². The molecule has 0 atom stereocenters. The molecule has 2 aromatic carbocycles. The van der Waals surface area contributed by atoms with Gasteiger partial charge in [-0.1, -0.05) is 37.6 Å². The third-order valence-corrected chi connectivity index (χ3v) is 4.57. The van der Waals surface area contributed by atoms with Crippen molar-refractivity contribution < 1.29 is 22.3 Å². The summed E-state index contributed by atoms with van der Waals surface area (Å²) >= 11 is 5.93. The Morgan fingerprint density at radius 1 is 0.929 bits per heavy atom. The van der Waals surface area contributed by atoms with Crippen LogP contribution in [-0.4, -0.2) is 9.97 Å². The van der Waals surface area contributed by atoms with Gasteiger partial charge < -0.3 is 4.74 Å². The largest absolute Gasteiger partial charge is 0.439 e. The number of benzene rings is 2. The van der Waals surface area contributed by atoms with Gasteiger partial charge in [-0.05, 0) is 35.9 Å². The highest BCUT2D eigenvalue weighted by Crippen LogP contribution is 2.36. The zero-order valence-corrected chi connectivity index (χ0v) is 15.6. The predicted molar refractivity (Wildman–Crippen MR) is 97.1 cm³/mol. The van der Waals surface area contributed by atoms with Gasteiger partial charge in [-0.25, -0.2) is 14.4 Å². The highest BCUT2D eigenvalue weighted by molar-refractivity contribution is 6.30. The topological polar surface area (TPSA) is 35.0 Å². The van der Waals surface area contributed by atoms with Crippen LogP contribution in [0.2, 0.25) is 5.02 Å². The first-order valence-electron chi connectivity index (χ1n) is 8.20. The van der Waals surface area contributed by atoms with Crippen molar-refractivity contribution in [1.82, 2.24) is 9.97 Å². The molecule has 8 heteroatoms. The molecule has 0 aliphatic rings. The quantitative estimate of drug-likeness (QED) is 0.466. The van der Waals surface area contributed by atoms with Crippen LogP contribution < -0.4 is 4.74 Å². The second-order valence-corrected chi connectivity index (χ2v) is 7.05. The van der Waals surface area contributed by atoms with Crippen LogP contribution >= 0.6 is 11.6 Å². The average molecular weight is 411 g/mol. The van der Waals surface area contributed by atoms with E-state index in [4.69, 9.17) is 16.3 Å². The first-order valence-corrected chi connectivity index (χ1v) is 8.58. The van der Waals surface area contributed by atoms with Crippen molar-refractivity contribution in [3.8, 4) is 11.6 Å². The minimum atomic E-state index is -4.82. The molecule has 0 saturated carbocycles. The third kappa shape index (κ3) is 4.25. The van der Waals surface area contributed by atoms with Crippen LogP contribution in [0, 0.1) is 5.82 Å². The van der Waals surface area contributed by atoms with Crippen LogP contribution in [0.15, 0.2) is 54.9 Å². The van der Waals surface area contributed by atoms with Crippen molar-refractivity contribution in [2.45, 2.75) is 25.4 Å². The summed E-state index contributed by atoms with van der Waals surface area (Å²) in [7, 11) is 0. The Kier molecular flexibility index (Phi) is 5.30. The van der Waals surface area contributed by atoms with Crippen LogP contribution in [0.4, 0.5) is 17.6 Å². The smallest absolute Gasteiger partial charge is 0.419 e. The Hall–Kier alpha value is -2.67. The highest BCUT2D eigenvalue weighted by Gasteiger charge is 2.34. The maximum Gasteiger partial charge on any atom is 0.419 e. The number of ether oxygens (including phenoxy) is 1. The SMILES string of the molecule is CC(C)(c1ccc(Cl)cc1)c1cc(Oc2ccc(F)c(C(F)(F)F)c2)ncn1. The zero-order valence-electron chi connectivity index (χ0n) is 14.9. The molecule has 0 bridgehead atoms. The van der Waals surface area contributed by atoms with Crippen LogP contribution in [-0.2, 0) is 11.6 Å². The van der Waals surface area contributed by atoms with Gasteiger partial charge in [0.15, 0.2) is 0 Å². The lowest BCUT2D eigenvalue weighted by Gasteiger charge is -2.25. The Morgan fingerprint density at radius 2 is 1.61 bits per heavy atom. The first-order chi connectivity index (χ1) is 13.1. The zero-order chi connectivity index (χ0) is 20.5. The fourth-order valence-corrected chi connectivity index (χ4v) is 2.78.